The zero-order chi connectivity index (χ0) is 25.3. The number of fused-ring (bicyclic) bond motifs is 1. The molecular formula is C28H33N5O3. The molecule has 0 radical (unpaired) electrons. The lowest BCUT2D eigenvalue weighted by Gasteiger charge is -2.39. The largest absolute Gasteiger partial charge is 0.493 e. The Bertz CT molecular complexity index is 1320. The van der Waals surface area contributed by atoms with Crippen LogP contribution in [0.3, 0.4) is 0 Å². The average Bonchev–Trinajstić information content (AvgIpc) is 3.47. The molecule has 0 bridgehead atoms. The van der Waals surface area contributed by atoms with Crippen molar-refractivity contribution in [3.05, 3.63) is 65.1 Å². The van der Waals surface area contributed by atoms with Crippen molar-refractivity contribution in [2.24, 2.45) is 5.41 Å². The molecule has 188 valence electrons. The third kappa shape index (κ3) is 4.59. The van der Waals surface area contributed by atoms with E-state index in [0.29, 0.717) is 25.3 Å². The molecule has 0 atom stereocenters. The van der Waals surface area contributed by atoms with Gasteiger partial charge < -0.3 is 14.5 Å². The molecule has 2 amide bonds. The second kappa shape index (κ2) is 9.76. The Balaban J connectivity index is 1.20. The van der Waals surface area contributed by atoms with Crippen LogP contribution in [0.15, 0.2) is 42.6 Å². The van der Waals surface area contributed by atoms with E-state index in [1.165, 1.54) is 0 Å². The molecule has 2 aliphatic heterocycles. The van der Waals surface area contributed by atoms with Gasteiger partial charge in [0.1, 0.15) is 5.75 Å². The predicted molar refractivity (Wildman–Crippen MR) is 138 cm³/mol. The lowest BCUT2D eigenvalue weighted by Crippen LogP contribution is -2.44. The number of carbonyl (C=O) groups excluding carboxylic acids is 2. The maximum absolute atomic E-state index is 13.4. The number of aryl methyl sites for hydroxylation is 2. The molecule has 0 aliphatic carbocycles. The first-order valence-electron chi connectivity index (χ1n) is 12.7. The van der Waals surface area contributed by atoms with E-state index in [1.807, 2.05) is 67.0 Å². The fourth-order valence-corrected chi connectivity index (χ4v) is 5.43. The molecule has 2 aromatic heterocycles. The number of hydrogen-bond acceptors (Lipinski definition) is 5. The van der Waals surface area contributed by atoms with Gasteiger partial charge in [-0.3, -0.25) is 9.59 Å². The molecule has 0 unspecified atom stereocenters. The summed E-state index contributed by atoms with van der Waals surface area (Å²) in [5.74, 6) is 0.817. The van der Waals surface area contributed by atoms with Crippen LogP contribution >= 0.6 is 0 Å². The second-order valence-corrected chi connectivity index (χ2v) is 9.92. The van der Waals surface area contributed by atoms with E-state index in [2.05, 4.69) is 10.1 Å². The number of aromatic nitrogens is 3. The number of hydrogen-bond donors (Lipinski definition) is 0. The molecule has 2 aliphatic rings. The monoisotopic (exact) mass is 487 g/mol. The normalized spacial score (nSPS) is 17.4. The molecule has 5 rings (SSSR count). The van der Waals surface area contributed by atoms with Gasteiger partial charge in [0.15, 0.2) is 5.65 Å². The van der Waals surface area contributed by atoms with Gasteiger partial charge in [-0.15, -0.1) is 0 Å². The summed E-state index contributed by atoms with van der Waals surface area (Å²) in [7, 11) is 0. The van der Waals surface area contributed by atoms with Gasteiger partial charge in [0.25, 0.3) is 5.91 Å². The van der Waals surface area contributed by atoms with Crippen molar-refractivity contribution in [3.8, 4) is 5.75 Å². The van der Waals surface area contributed by atoms with Crippen LogP contribution in [0.4, 0.5) is 0 Å². The minimum absolute atomic E-state index is 0.0151. The van der Waals surface area contributed by atoms with E-state index >= 15 is 0 Å². The second-order valence-electron chi connectivity index (χ2n) is 9.92. The number of nitrogens with zero attached hydrogens (tertiary/aromatic N) is 5. The van der Waals surface area contributed by atoms with E-state index in [0.717, 1.165) is 60.7 Å². The zero-order valence-corrected chi connectivity index (χ0v) is 21.2. The number of rotatable bonds is 5. The van der Waals surface area contributed by atoms with Crippen molar-refractivity contribution in [2.45, 2.75) is 40.0 Å². The third-order valence-corrected chi connectivity index (χ3v) is 7.56. The summed E-state index contributed by atoms with van der Waals surface area (Å²) in [5.41, 5.74) is 4.03. The van der Waals surface area contributed by atoms with Gasteiger partial charge >= 0.3 is 0 Å². The first kappa shape index (κ1) is 24.0. The van der Waals surface area contributed by atoms with Gasteiger partial charge in [-0.05, 0) is 57.6 Å². The molecule has 8 heteroatoms. The van der Waals surface area contributed by atoms with Crippen molar-refractivity contribution in [1.29, 1.82) is 0 Å². The van der Waals surface area contributed by atoms with Crippen molar-refractivity contribution in [1.82, 2.24) is 24.4 Å². The van der Waals surface area contributed by atoms with E-state index in [1.54, 1.807) is 16.8 Å². The smallest absolute Gasteiger partial charge is 0.257 e. The molecule has 8 nitrogen and oxygen atoms in total. The summed E-state index contributed by atoms with van der Waals surface area (Å²) in [5, 5.41) is 4.47. The Morgan fingerprint density at radius 3 is 2.56 bits per heavy atom. The molecule has 0 saturated carbocycles. The van der Waals surface area contributed by atoms with Crippen molar-refractivity contribution in [2.75, 3.05) is 32.8 Å². The Morgan fingerprint density at radius 1 is 1.08 bits per heavy atom. The molecule has 1 aromatic carbocycles. The number of para-hydroxylation sites is 1. The van der Waals surface area contributed by atoms with Gasteiger partial charge in [0.2, 0.25) is 5.91 Å². The van der Waals surface area contributed by atoms with Crippen molar-refractivity contribution < 1.29 is 14.3 Å². The highest BCUT2D eigenvalue weighted by Gasteiger charge is 2.43. The highest BCUT2D eigenvalue weighted by atomic mass is 16.5. The molecule has 0 N–H and O–H groups in total. The third-order valence-electron chi connectivity index (χ3n) is 7.56. The number of piperidine rings is 1. The summed E-state index contributed by atoms with van der Waals surface area (Å²) in [6.45, 7) is 9.24. The number of ether oxygens (including phenoxy) is 1. The van der Waals surface area contributed by atoms with Crippen LogP contribution < -0.4 is 4.74 Å². The minimum Gasteiger partial charge on any atom is -0.493 e. The van der Waals surface area contributed by atoms with Gasteiger partial charge in [0.05, 0.1) is 23.6 Å². The van der Waals surface area contributed by atoms with E-state index in [9.17, 15) is 9.59 Å². The van der Waals surface area contributed by atoms with Crippen molar-refractivity contribution >= 4 is 23.5 Å². The quantitative estimate of drug-likeness (QED) is 0.510. The first-order chi connectivity index (χ1) is 17.4. The van der Waals surface area contributed by atoms with E-state index < -0.39 is 0 Å². The van der Waals surface area contributed by atoms with E-state index in [-0.39, 0.29) is 17.2 Å². The van der Waals surface area contributed by atoms with Crippen LogP contribution in [0.2, 0.25) is 0 Å². The standard InChI is InChI=1S/C28H33N5O3/c1-4-36-24-8-6-5-7-22(24)9-10-26(34)31-14-11-28(12-15-31)13-16-32(19-28)27(35)23-18-29-25-17-20(2)30-33(25)21(23)3/h5-10,17-18H,4,11-16,19H2,1-3H3. The lowest BCUT2D eigenvalue weighted by atomic mass is 9.77. The molecule has 36 heavy (non-hydrogen) atoms. The fourth-order valence-electron chi connectivity index (χ4n) is 5.43. The predicted octanol–water partition coefficient (Wildman–Crippen LogP) is 3.91. The van der Waals surface area contributed by atoms with Crippen LogP contribution in [0.5, 0.6) is 5.75 Å². The van der Waals surface area contributed by atoms with Crippen molar-refractivity contribution in [3.63, 3.8) is 0 Å². The van der Waals surface area contributed by atoms with Crippen LogP contribution in [-0.2, 0) is 4.79 Å². The van der Waals surface area contributed by atoms with Crippen LogP contribution in [0.1, 0.15) is 53.5 Å². The number of benzene rings is 1. The van der Waals surface area contributed by atoms with Crippen LogP contribution in [0.25, 0.3) is 11.7 Å². The highest BCUT2D eigenvalue weighted by molar-refractivity contribution is 5.95. The maximum atomic E-state index is 13.4. The Labute approximate surface area is 211 Å². The van der Waals surface area contributed by atoms with Gasteiger partial charge in [-0.2, -0.15) is 5.10 Å². The molecule has 3 aromatic rings. The summed E-state index contributed by atoms with van der Waals surface area (Å²) in [4.78, 5) is 34.5. The Kier molecular flexibility index (Phi) is 6.51. The first-order valence-corrected chi connectivity index (χ1v) is 12.7. The topological polar surface area (TPSA) is 80.0 Å². The highest BCUT2D eigenvalue weighted by Crippen LogP contribution is 2.41. The summed E-state index contributed by atoms with van der Waals surface area (Å²) < 4.78 is 7.40. The summed E-state index contributed by atoms with van der Waals surface area (Å²) >= 11 is 0. The number of carbonyl (C=O) groups is 2. The molecule has 2 fully saturated rings. The summed E-state index contributed by atoms with van der Waals surface area (Å²) in [6.07, 6.45) is 7.93. The minimum atomic E-state index is 0.0151. The Morgan fingerprint density at radius 2 is 1.81 bits per heavy atom. The average molecular weight is 488 g/mol. The Hall–Kier alpha value is -3.68. The molecule has 2 saturated heterocycles. The lowest BCUT2D eigenvalue weighted by molar-refractivity contribution is -0.128. The van der Waals surface area contributed by atoms with Crippen LogP contribution in [0, 0.1) is 19.3 Å². The fraction of sp³-hybridized carbons (Fsp3) is 0.429. The number of likely N-dealkylation sites (tertiary alicyclic amines) is 2. The molecular weight excluding hydrogens is 454 g/mol. The number of amides is 2. The van der Waals surface area contributed by atoms with Crippen LogP contribution in [-0.4, -0.2) is 69.0 Å². The molecule has 1 spiro atoms. The SMILES string of the molecule is CCOc1ccccc1C=CC(=O)N1CCC2(CC1)CCN(C(=O)c1cnc3cc(C)nn3c1C)C2. The van der Waals surface area contributed by atoms with Gasteiger partial charge in [0, 0.05) is 50.1 Å². The zero-order valence-electron chi connectivity index (χ0n) is 21.2. The van der Waals surface area contributed by atoms with E-state index in [4.69, 9.17) is 4.74 Å². The van der Waals surface area contributed by atoms with Gasteiger partial charge in [-0.1, -0.05) is 18.2 Å². The summed E-state index contributed by atoms with van der Waals surface area (Å²) in [6, 6.07) is 9.65. The molecule has 4 heterocycles. The maximum Gasteiger partial charge on any atom is 0.257 e. The van der Waals surface area contributed by atoms with Gasteiger partial charge in [-0.25, -0.2) is 9.50 Å².